The minimum Gasteiger partial charge on any atom is -0.493 e. The Bertz CT molecular complexity index is 846. The first-order valence-corrected chi connectivity index (χ1v) is 7.75. The maximum absolute atomic E-state index is 12.6. The molecule has 0 fully saturated rings. The zero-order valence-corrected chi connectivity index (χ0v) is 13.5. The molecule has 0 aliphatic carbocycles. The highest BCUT2D eigenvalue weighted by molar-refractivity contribution is 6.39. The molecule has 3 rings (SSSR count). The number of benzene rings is 1. The fraction of sp³-hybridized carbons (Fsp3) is 0.312. The Kier molecular flexibility index (Phi) is 3.94. The first-order chi connectivity index (χ1) is 10.5. The normalized spacial score (nSPS) is 13.4. The van der Waals surface area contributed by atoms with Crippen LogP contribution in [0.2, 0.25) is 10.0 Å². The zero-order chi connectivity index (χ0) is 15.9. The summed E-state index contributed by atoms with van der Waals surface area (Å²) in [5, 5.41) is 11.0. The second kappa shape index (κ2) is 5.75. The van der Waals surface area contributed by atoms with E-state index in [-0.39, 0.29) is 17.0 Å². The van der Waals surface area contributed by atoms with Crippen LogP contribution in [-0.4, -0.2) is 14.5 Å². The third-order valence-corrected chi connectivity index (χ3v) is 4.36. The molecule has 0 unspecified atom stereocenters. The molecule has 1 aromatic heterocycles. The van der Waals surface area contributed by atoms with E-state index in [0.717, 1.165) is 12.8 Å². The summed E-state index contributed by atoms with van der Waals surface area (Å²) in [6, 6.07) is 3.30. The first-order valence-electron chi connectivity index (χ1n) is 6.99. The summed E-state index contributed by atoms with van der Waals surface area (Å²) < 4.78 is 3.13. The van der Waals surface area contributed by atoms with Crippen LogP contribution in [0, 0.1) is 11.8 Å². The van der Waals surface area contributed by atoms with Gasteiger partial charge in [0, 0.05) is 24.2 Å². The molecule has 0 atom stereocenters. The van der Waals surface area contributed by atoms with Gasteiger partial charge in [-0.15, -0.1) is 5.92 Å². The molecule has 2 aromatic rings. The first kappa shape index (κ1) is 15.1. The standard InChI is InChI=1S/C16H14Cl2N2O2/c1-2-5-10-8-11(17)13(12(18)9-10)14-15(21)19-6-3-4-7-20(19)16(14)22/h8-9,21H,3-4,6-7H2,1H3. The fourth-order valence-electron chi connectivity index (χ4n) is 2.80. The molecular formula is C16H14Cl2N2O2. The van der Waals surface area contributed by atoms with E-state index in [0.29, 0.717) is 34.3 Å². The van der Waals surface area contributed by atoms with Gasteiger partial charge < -0.3 is 5.11 Å². The van der Waals surface area contributed by atoms with Gasteiger partial charge >= 0.3 is 0 Å². The summed E-state index contributed by atoms with van der Waals surface area (Å²) in [7, 11) is 0. The molecule has 0 spiro atoms. The van der Waals surface area contributed by atoms with Crippen molar-refractivity contribution in [3.8, 4) is 28.8 Å². The topological polar surface area (TPSA) is 47.2 Å². The molecule has 6 heteroatoms. The molecule has 1 N–H and O–H groups in total. The Morgan fingerprint density at radius 2 is 1.68 bits per heavy atom. The van der Waals surface area contributed by atoms with Crippen LogP contribution in [-0.2, 0) is 13.1 Å². The minimum absolute atomic E-state index is 0.0807. The number of aromatic nitrogens is 2. The minimum atomic E-state index is -0.268. The third kappa shape index (κ3) is 2.31. The Balaban J connectivity index is 2.26. The van der Waals surface area contributed by atoms with E-state index in [1.54, 1.807) is 28.4 Å². The highest BCUT2D eigenvalue weighted by Gasteiger charge is 2.26. The fourth-order valence-corrected chi connectivity index (χ4v) is 3.47. The molecule has 0 amide bonds. The van der Waals surface area contributed by atoms with E-state index in [4.69, 9.17) is 23.2 Å². The van der Waals surface area contributed by atoms with E-state index in [1.165, 1.54) is 0 Å². The van der Waals surface area contributed by atoms with Crippen molar-refractivity contribution in [1.29, 1.82) is 0 Å². The average Bonchev–Trinajstić information content (AvgIpc) is 2.73. The predicted molar refractivity (Wildman–Crippen MR) is 87.6 cm³/mol. The van der Waals surface area contributed by atoms with Gasteiger partial charge in [0.05, 0.1) is 10.0 Å². The van der Waals surface area contributed by atoms with Gasteiger partial charge in [-0.25, -0.2) is 4.68 Å². The van der Waals surface area contributed by atoms with Gasteiger partial charge in [0.25, 0.3) is 5.56 Å². The SMILES string of the molecule is CC#Cc1cc(Cl)c(-c2c(O)n3n(c2=O)CCCC3)c(Cl)c1. The predicted octanol–water partition coefficient (Wildman–Crippen LogP) is 3.49. The number of hydrogen-bond donors (Lipinski definition) is 1. The van der Waals surface area contributed by atoms with Gasteiger partial charge in [-0.05, 0) is 31.9 Å². The molecule has 1 aliphatic rings. The lowest BCUT2D eigenvalue weighted by atomic mass is 10.1. The van der Waals surface area contributed by atoms with Gasteiger partial charge in [-0.3, -0.25) is 9.48 Å². The quantitative estimate of drug-likeness (QED) is 0.810. The molecular weight excluding hydrogens is 323 g/mol. The summed E-state index contributed by atoms with van der Waals surface area (Å²) in [6.45, 7) is 2.91. The number of nitrogens with zero attached hydrogens (tertiary/aromatic N) is 2. The van der Waals surface area contributed by atoms with Crippen molar-refractivity contribution in [2.45, 2.75) is 32.9 Å². The van der Waals surface area contributed by atoms with Crippen molar-refractivity contribution in [1.82, 2.24) is 9.36 Å². The summed E-state index contributed by atoms with van der Waals surface area (Å²) in [5.41, 5.74) is 0.926. The Morgan fingerprint density at radius 3 is 2.23 bits per heavy atom. The van der Waals surface area contributed by atoms with Gasteiger partial charge in [0.2, 0.25) is 5.88 Å². The second-order valence-corrected chi connectivity index (χ2v) is 5.96. The smallest absolute Gasteiger partial charge is 0.278 e. The Labute approximate surface area is 137 Å². The number of hydrogen-bond acceptors (Lipinski definition) is 2. The van der Waals surface area contributed by atoms with Crippen LogP contribution in [0.1, 0.15) is 25.3 Å². The Hall–Kier alpha value is -1.83. The van der Waals surface area contributed by atoms with Crippen LogP contribution in [0.5, 0.6) is 5.88 Å². The van der Waals surface area contributed by atoms with Gasteiger partial charge in [0.15, 0.2) is 0 Å². The Morgan fingerprint density at radius 1 is 1.09 bits per heavy atom. The van der Waals surface area contributed by atoms with Gasteiger partial charge in [-0.2, -0.15) is 0 Å². The van der Waals surface area contributed by atoms with E-state index < -0.39 is 0 Å². The number of aromatic hydroxyl groups is 1. The zero-order valence-electron chi connectivity index (χ0n) is 12.0. The van der Waals surface area contributed by atoms with E-state index in [9.17, 15) is 9.90 Å². The van der Waals surface area contributed by atoms with Crippen LogP contribution in [0.3, 0.4) is 0 Å². The van der Waals surface area contributed by atoms with Crippen LogP contribution >= 0.6 is 23.2 Å². The molecule has 0 saturated heterocycles. The van der Waals surface area contributed by atoms with Crippen molar-refractivity contribution in [3.05, 3.63) is 38.1 Å². The molecule has 2 heterocycles. The molecule has 1 aromatic carbocycles. The highest BCUT2D eigenvalue weighted by atomic mass is 35.5. The molecule has 114 valence electrons. The molecule has 4 nitrogen and oxygen atoms in total. The number of rotatable bonds is 1. The van der Waals surface area contributed by atoms with Gasteiger partial charge in [-0.1, -0.05) is 29.1 Å². The van der Waals surface area contributed by atoms with Crippen molar-refractivity contribution in [3.63, 3.8) is 0 Å². The summed E-state index contributed by atoms with van der Waals surface area (Å²) >= 11 is 12.6. The van der Waals surface area contributed by atoms with E-state index in [2.05, 4.69) is 11.8 Å². The summed E-state index contributed by atoms with van der Waals surface area (Å²) in [5.74, 6) is 5.57. The third-order valence-electron chi connectivity index (χ3n) is 3.76. The summed E-state index contributed by atoms with van der Waals surface area (Å²) in [4.78, 5) is 12.6. The van der Waals surface area contributed by atoms with E-state index in [1.807, 2.05) is 0 Å². The number of halogens is 2. The second-order valence-electron chi connectivity index (χ2n) is 5.15. The largest absolute Gasteiger partial charge is 0.493 e. The maximum atomic E-state index is 12.6. The van der Waals surface area contributed by atoms with Crippen molar-refractivity contribution in [2.24, 2.45) is 0 Å². The van der Waals surface area contributed by atoms with E-state index >= 15 is 0 Å². The van der Waals surface area contributed by atoms with Crippen LogP contribution in [0.25, 0.3) is 11.1 Å². The van der Waals surface area contributed by atoms with Crippen LogP contribution in [0.15, 0.2) is 16.9 Å². The van der Waals surface area contributed by atoms with Crippen LogP contribution in [0.4, 0.5) is 0 Å². The molecule has 1 aliphatic heterocycles. The molecule has 0 bridgehead atoms. The number of fused-ring (bicyclic) bond motifs is 1. The molecule has 22 heavy (non-hydrogen) atoms. The lowest BCUT2D eigenvalue weighted by Gasteiger charge is -2.16. The molecule has 0 radical (unpaired) electrons. The molecule has 0 saturated carbocycles. The summed E-state index contributed by atoms with van der Waals surface area (Å²) in [6.07, 6.45) is 1.84. The van der Waals surface area contributed by atoms with Crippen LogP contribution < -0.4 is 5.56 Å². The lowest BCUT2D eigenvalue weighted by Crippen LogP contribution is -2.27. The van der Waals surface area contributed by atoms with Crippen molar-refractivity contribution in [2.75, 3.05) is 0 Å². The van der Waals surface area contributed by atoms with Crippen molar-refractivity contribution < 1.29 is 5.11 Å². The monoisotopic (exact) mass is 336 g/mol. The lowest BCUT2D eigenvalue weighted by molar-refractivity contribution is 0.305. The maximum Gasteiger partial charge on any atom is 0.278 e. The van der Waals surface area contributed by atoms with Gasteiger partial charge in [0.1, 0.15) is 5.56 Å². The van der Waals surface area contributed by atoms with Crippen molar-refractivity contribution >= 4 is 23.2 Å². The highest BCUT2D eigenvalue weighted by Crippen LogP contribution is 2.39. The average molecular weight is 337 g/mol.